The van der Waals surface area contributed by atoms with Gasteiger partial charge in [0, 0.05) is 18.6 Å². The van der Waals surface area contributed by atoms with Gasteiger partial charge in [-0.3, -0.25) is 0 Å². The van der Waals surface area contributed by atoms with Crippen LogP contribution >= 0.6 is 11.6 Å². The lowest BCUT2D eigenvalue weighted by Crippen LogP contribution is -2.25. The molecule has 0 heterocycles. The fourth-order valence-corrected chi connectivity index (χ4v) is 1.17. The molecule has 2 nitrogen and oxygen atoms in total. The maximum atomic E-state index is 5.77. The second-order valence-electron chi connectivity index (χ2n) is 4.02. The van der Waals surface area contributed by atoms with Crippen molar-refractivity contribution in [3.05, 3.63) is 29.3 Å². The van der Waals surface area contributed by atoms with E-state index in [0.717, 1.165) is 17.2 Å². The molecule has 3 heteroatoms. The Morgan fingerprint density at radius 1 is 1.20 bits per heavy atom. The van der Waals surface area contributed by atoms with Gasteiger partial charge in [0.15, 0.2) is 0 Å². The van der Waals surface area contributed by atoms with Crippen LogP contribution in [0.15, 0.2) is 24.3 Å². The van der Waals surface area contributed by atoms with Crippen molar-refractivity contribution in [1.29, 1.82) is 0 Å². The average molecular weight is 229 g/mol. The molecule has 0 N–H and O–H groups in total. The highest BCUT2D eigenvalue weighted by Crippen LogP contribution is 2.17. The van der Waals surface area contributed by atoms with Crippen molar-refractivity contribution >= 4 is 11.6 Å². The quantitative estimate of drug-likeness (QED) is 0.768. The van der Waals surface area contributed by atoms with Gasteiger partial charge >= 0.3 is 0 Å². The van der Waals surface area contributed by atoms with Crippen LogP contribution in [-0.2, 0) is 4.74 Å². The third kappa shape index (κ3) is 4.54. The molecule has 15 heavy (non-hydrogen) atoms. The Morgan fingerprint density at radius 3 is 2.33 bits per heavy atom. The Kier molecular flexibility index (Phi) is 4.43. The van der Waals surface area contributed by atoms with Crippen LogP contribution < -0.4 is 4.74 Å². The van der Waals surface area contributed by atoms with Crippen LogP contribution in [0.1, 0.15) is 20.3 Å². The van der Waals surface area contributed by atoms with Crippen molar-refractivity contribution in [2.45, 2.75) is 25.9 Å². The van der Waals surface area contributed by atoms with Crippen LogP contribution in [-0.4, -0.2) is 19.3 Å². The van der Waals surface area contributed by atoms with Gasteiger partial charge in [0.05, 0.1) is 12.2 Å². The highest BCUT2D eigenvalue weighted by molar-refractivity contribution is 6.30. The topological polar surface area (TPSA) is 18.5 Å². The summed E-state index contributed by atoms with van der Waals surface area (Å²) in [6.07, 6.45) is 0.853. The van der Waals surface area contributed by atoms with Crippen molar-refractivity contribution in [2.24, 2.45) is 0 Å². The van der Waals surface area contributed by atoms with Gasteiger partial charge in [-0.05, 0) is 38.1 Å². The average Bonchev–Trinajstić information content (AvgIpc) is 2.21. The van der Waals surface area contributed by atoms with E-state index in [-0.39, 0.29) is 5.60 Å². The van der Waals surface area contributed by atoms with Gasteiger partial charge in [-0.2, -0.15) is 0 Å². The summed E-state index contributed by atoms with van der Waals surface area (Å²) in [7, 11) is 1.71. The third-order valence-electron chi connectivity index (χ3n) is 2.34. The van der Waals surface area contributed by atoms with E-state index in [9.17, 15) is 0 Å². The van der Waals surface area contributed by atoms with E-state index < -0.39 is 0 Å². The summed E-state index contributed by atoms with van der Waals surface area (Å²) >= 11 is 5.77. The highest BCUT2D eigenvalue weighted by Gasteiger charge is 2.15. The van der Waals surface area contributed by atoms with E-state index in [4.69, 9.17) is 21.1 Å². The fraction of sp³-hybridized carbons (Fsp3) is 0.500. The summed E-state index contributed by atoms with van der Waals surface area (Å²) in [5.74, 6) is 0.839. The minimum Gasteiger partial charge on any atom is -0.493 e. The van der Waals surface area contributed by atoms with Gasteiger partial charge in [-0.25, -0.2) is 0 Å². The van der Waals surface area contributed by atoms with Crippen molar-refractivity contribution in [2.75, 3.05) is 13.7 Å². The van der Waals surface area contributed by atoms with Crippen LogP contribution in [0.5, 0.6) is 5.75 Å². The first-order chi connectivity index (χ1) is 7.03. The number of benzene rings is 1. The van der Waals surface area contributed by atoms with Crippen molar-refractivity contribution in [3.63, 3.8) is 0 Å². The molecule has 0 spiro atoms. The molecule has 0 aliphatic heterocycles. The normalized spacial score (nSPS) is 11.5. The Hall–Kier alpha value is -0.730. The summed E-state index contributed by atoms with van der Waals surface area (Å²) in [5.41, 5.74) is -0.133. The molecule has 0 radical (unpaired) electrons. The van der Waals surface area contributed by atoms with E-state index in [0.29, 0.717) is 6.61 Å². The first kappa shape index (κ1) is 12.3. The molecule has 0 atom stereocenters. The smallest absolute Gasteiger partial charge is 0.119 e. The minimum atomic E-state index is -0.133. The molecule has 0 saturated carbocycles. The zero-order valence-electron chi connectivity index (χ0n) is 9.42. The number of methoxy groups -OCH3 is 1. The van der Waals surface area contributed by atoms with Crippen LogP contribution in [0.3, 0.4) is 0 Å². The molecule has 0 aromatic heterocycles. The molecule has 0 amide bonds. The first-order valence-corrected chi connectivity index (χ1v) is 5.35. The van der Waals surface area contributed by atoms with E-state index in [1.165, 1.54) is 0 Å². The van der Waals surface area contributed by atoms with Gasteiger partial charge in [0.25, 0.3) is 0 Å². The predicted molar refractivity (Wildman–Crippen MR) is 62.7 cm³/mol. The molecule has 0 fully saturated rings. The zero-order chi connectivity index (χ0) is 11.3. The Morgan fingerprint density at radius 2 is 1.80 bits per heavy atom. The van der Waals surface area contributed by atoms with Gasteiger partial charge in [-0.1, -0.05) is 11.6 Å². The van der Waals surface area contributed by atoms with Crippen molar-refractivity contribution < 1.29 is 9.47 Å². The largest absolute Gasteiger partial charge is 0.493 e. The van der Waals surface area contributed by atoms with Gasteiger partial charge in [0.1, 0.15) is 5.75 Å². The Balaban J connectivity index is 2.35. The third-order valence-corrected chi connectivity index (χ3v) is 2.59. The van der Waals surface area contributed by atoms with E-state index in [2.05, 4.69) is 0 Å². The lowest BCUT2D eigenvalue weighted by atomic mass is 10.1. The van der Waals surface area contributed by atoms with Crippen molar-refractivity contribution in [1.82, 2.24) is 0 Å². The first-order valence-electron chi connectivity index (χ1n) is 4.97. The summed E-state index contributed by atoms with van der Waals surface area (Å²) in [6.45, 7) is 4.72. The van der Waals surface area contributed by atoms with Gasteiger partial charge in [-0.15, -0.1) is 0 Å². The second kappa shape index (κ2) is 5.38. The lowest BCUT2D eigenvalue weighted by Gasteiger charge is -2.22. The predicted octanol–water partition coefficient (Wildman–Crippen LogP) is 3.53. The molecule has 0 saturated heterocycles. The highest BCUT2D eigenvalue weighted by atomic mass is 35.5. The van der Waals surface area contributed by atoms with Gasteiger partial charge < -0.3 is 9.47 Å². The number of hydrogen-bond acceptors (Lipinski definition) is 2. The van der Waals surface area contributed by atoms with Crippen LogP contribution in [0.2, 0.25) is 5.02 Å². The number of rotatable bonds is 5. The molecule has 0 bridgehead atoms. The maximum Gasteiger partial charge on any atom is 0.119 e. The monoisotopic (exact) mass is 228 g/mol. The minimum absolute atomic E-state index is 0.133. The second-order valence-corrected chi connectivity index (χ2v) is 4.45. The van der Waals surface area contributed by atoms with E-state index in [1.807, 2.05) is 38.1 Å². The Labute approximate surface area is 96.2 Å². The molecular weight excluding hydrogens is 212 g/mol. The standard InChI is InChI=1S/C12H17ClO2/c1-12(2,14-3)8-9-15-11-6-4-10(13)5-7-11/h4-7H,8-9H2,1-3H3. The van der Waals surface area contributed by atoms with Crippen LogP contribution in [0.25, 0.3) is 0 Å². The molecule has 84 valence electrons. The number of halogens is 1. The van der Waals surface area contributed by atoms with Crippen LogP contribution in [0.4, 0.5) is 0 Å². The van der Waals surface area contributed by atoms with Gasteiger partial charge in [0.2, 0.25) is 0 Å². The molecule has 1 aromatic carbocycles. The lowest BCUT2D eigenvalue weighted by molar-refractivity contribution is 0.00546. The molecule has 1 rings (SSSR count). The molecular formula is C12H17ClO2. The summed E-state index contributed by atoms with van der Waals surface area (Å²) < 4.78 is 10.9. The van der Waals surface area contributed by atoms with E-state index in [1.54, 1.807) is 7.11 Å². The number of hydrogen-bond donors (Lipinski definition) is 0. The molecule has 0 aliphatic carbocycles. The van der Waals surface area contributed by atoms with Crippen LogP contribution in [0, 0.1) is 0 Å². The SMILES string of the molecule is COC(C)(C)CCOc1ccc(Cl)cc1. The Bertz CT molecular complexity index is 293. The van der Waals surface area contributed by atoms with E-state index >= 15 is 0 Å². The fourth-order valence-electron chi connectivity index (χ4n) is 1.05. The summed E-state index contributed by atoms with van der Waals surface area (Å²) in [6, 6.07) is 7.36. The molecule has 0 unspecified atom stereocenters. The van der Waals surface area contributed by atoms with Crippen molar-refractivity contribution in [3.8, 4) is 5.75 Å². The molecule has 0 aliphatic rings. The maximum absolute atomic E-state index is 5.77. The molecule has 1 aromatic rings. The number of ether oxygens (including phenoxy) is 2. The zero-order valence-corrected chi connectivity index (χ0v) is 10.2. The summed E-state index contributed by atoms with van der Waals surface area (Å²) in [5, 5.41) is 0.722. The summed E-state index contributed by atoms with van der Waals surface area (Å²) in [4.78, 5) is 0.